The van der Waals surface area contributed by atoms with Gasteiger partial charge in [-0.2, -0.15) is 13.2 Å². The molecule has 0 amide bonds. The second kappa shape index (κ2) is 6.24. The first-order valence-electron chi connectivity index (χ1n) is 2.36. The number of rotatable bonds is 3. The number of halogens is 3. The SMILES string of the molecule is O=[SH](=O)NCCC(F)(F)F.[NaH]. The molecule has 8 heteroatoms. The normalized spacial score (nSPS) is 11.3. The molecule has 0 aromatic carbocycles. The molecule has 0 aromatic heterocycles. The summed E-state index contributed by atoms with van der Waals surface area (Å²) in [6, 6.07) is 0. The van der Waals surface area contributed by atoms with Gasteiger partial charge in [0.1, 0.15) is 0 Å². The average molecular weight is 201 g/mol. The third-order valence-corrected chi connectivity index (χ3v) is 1.13. The van der Waals surface area contributed by atoms with Crippen LogP contribution in [0.2, 0.25) is 0 Å². The Morgan fingerprint density at radius 1 is 1.27 bits per heavy atom. The molecule has 0 rings (SSSR count). The predicted octanol–water partition coefficient (Wildman–Crippen LogP) is -0.594. The molecule has 11 heavy (non-hydrogen) atoms. The van der Waals surface area contributed by atoms with Crippen molar-refractivity contribution in [3.05, 3.63) is 0 Å². The number of hydrogen-bond acceptors (Lipinski definition) is 2. The summed E-state index contributed by atoms with van der Waals surface area (Å²) in [7, 11) is -2.90. The van der Waals surface area contributed by atoms with Gasteiger partial charge in [0.25, 0.3) is 0 Å². The topological polar surface area (TPSA) is 46.2 Å². The van der Waals surface area contributed by atoms with Crippen molar-refractivity contribution in [2.24, 2.45) is 0 Å². The fourth-order valence-electron chi connectivity index (χ4n) is 0.289. The monoisotopic (exact) mass is 201 g/mol. The van der Waals surface area contributed by atoms with E-state index in [-0.39, 0.29) is 29.6 Å². The minimum absolute atomic E-state index is 0. The summed E-state index contributed by atoms with van der Waals surface area (Å²) in [6.07, 6.45) is -5.42. The number of hydrogen-bond donors (Lipinski definition) is 2. The van der Waals surface area contributed by atoms with Gasteiger partial charge in [-0.15, -0.1) is 0 Å². The summed E-state index contributed by atoms with van der Waals surface area (Å²) in [6.45, 7) is -0.581. The second-order valence-electron chi connectivity index (χ2n) is 1.53. The summed E-state index contributed by atoms with van der Waals surface area (Å²) in [5.74, 6) is 0. The van der Waals surface area contributed by atoms with E-state index in [1.807, 2.05) is 0 Å². The van der Waals surface area contributed by atoms with E-state index in [0.29, 0.717) is 0 Å². The first kappa shape index (κ1) is 14.2. The molecule has 0 atom stereocenters. The van der Waals surface area contributed by atoms with Gasteiger partial charge in [-0.3, -0.25) is 0 Å². The summed E-state index contributed by atoms with van der Waals surface area (Å²) in [4.78, 5) is 0. The van der Waals surface area contributed by atoms with Crippen LogP contribution < -0.4 is 4.72 Å². The Morgan fingerprint density at radius 2 is 1.73 bits per heavy atom. The van der Waals surface area contributed by atoms with E-state index < -0.39 is 30.0 Å². The fourth-order valence-corrected chi connectivity index (χ4v) is 0.583. The molecular formula is C3H7F3NNaO2S. The first-order chi connectivity index (χ1) is 4.42. The van der Waals surface area contributed by atoms with Crippen LogP contribution in [0.3, 0.4) is 0 Å². The van der Waals surface area contributed by atoms with Crippen LogP contribution in [-0.2, 0) is 10.9 Å². The second-order valence-corrected chi connectivity index (χ2v) is 2.36. The van der Waals surface area contributed by atoms with Crippen molar-refractivity contribution in [3.8, 4) is 0 Å². The van der Waals surface area contributed by atoms with Gasteiger partial charge in [0.05, 0.1) is 6.42 Å². The van der Waals surface area contributed by atoms with E-state index in [4.69, 9.17) is 0 Å². The molecule has 1 N–H and O–H groups in total. The van der Waals surface area contributed by atoms with Gasteiger partial charge < -0.3 is 0 Å². The quantitative estimate of drug-likeness (QED) is 0.473. The van der Waals surface area contributed by atoms with Crippen molar-refractivity contribution >= 4 is 40.4 Å². The zero-order chi connectivity index (χ0) is 8.20. The van der Waals surface area contributed by atoms with E-state index in [1.54, 1.807) is 4.72 Å². The third-order valence-electron chi connectivity index (χ3n) is 0.649. The summed E-state index contributed by atoms with van der Waals surface area (Å²) >= 11 is 0. The van der Waals surface area contributed by atoms with Gasteiger partial charge in [-0.05, 0) is 0 Å². The molecule has 0 unspecified atom stereocenters. The van der Waals surface area contributed by atoms with Crippen LogP contribution >= 0.6 is 0 Å². The summed E-state index contributed by atoms with van der Waals surface area (Å²) < 4.78 is 54.7. The molecule has 0 spiro atoms. The van der Waals surface area contributed by atoms with Gasteiger partial charge in [0, 0.05) is 6.54 Å². The van der Waals surface area contributed by atoms with Crippen molar-refractivity contribution in [1.82, 2.24) is 4.72 Å². The maximum absolute atomic E-state index is 11.3. The molecule has 0 aromatic rings. The Bertz CT molecular complexity index is 160. The van der Waals surface area contributed by atoms with Crippen LogP contribution in [0, 0.1) is 0 Å². The summed E-state index contributed by atoms with van der Waals surface area (Å²) in [5.41, 5.74) is 0. The fraction of sp³-hybridized carbons (Fsp3) is 1.00. The van der Waals surface area contributed by atoms with E-state index in [2.05, 4.69) is 0 Å². The van der Waals surface area contributed by atoms with Crippen molar-refractivity contribution in [1.29, 1.82) is 0 Å². The van der Waals surface area contributed by atoms with Crippen molar-refractivity contribution in [2.75, 3.05) is 6.54 Å². The van der Waals surface area contributed by atoms with Crippen molar-refractivity contribution in [2.45, 2.75) is 12.6 Å². The Balaban J connectivity index is 0. The molecule has 0 aliphatic carbocycles. The van der Waals surface area contributed by atoms with E-state index in [1.165, 1.54) is 0 Å². The standard InChI is InChI=1S/C3H6F3NO2S.Na.H/c4-3(5,6)1-2-7-10(8)9;;/h10H,1-2H2,(H,7,8,9);;. The van der Waals surface area contributed by atoms with Crippen LogP contribution in [0.5, 0.6) is 0 Å². The zero-order valence-electron chi connectivity index (χ0n) is 4.81. The van der Waals surface area contributed by atoms with Crippen molar-refractivity contribution in [3.63, 3.8) is 0 Å². The first-order valence-corrected chi connectivity index (χ1v) is 3.54. The van der Waals surface area contributed by atoms with E-state index in [9.17, 15) is 21.6 Å². The number of alkyl halides is 3. The van der Waals surface area contributed by atoms with Crippen LogP contribution in [0.25, 0.3) is 0 Å². The van der Waals surface area contributed by atoms with Crippen molar-refractivity contribution < 1.29 is 21.6 Å². The van der Waals surface area contributed by atoms with Gasteiger partial charge in [-0.25, -0.2) is 13.1 Å². The van der Waals surface area contributed by atoms with Crippen LogP contribution in [0.15, 0.2) is 0 Å². The van der Waals surface area contributed by atoms with Gasteiger partial charge in [0.2, 0.25) is 10.9 Å². The van der Waals surface area contributed by atoms with Gasteiger partial charge >= 0.3 is 35.7 Å². The average Bonchev–Trinajstić information content (AvgIpc) is 1.59. The molecule has 0 heterocycles. The molecule has 3 nitrogen and oxygen atoms in total. The predicted molar refractivity (Wildman–Crippen MR) is 36.1 cm³/mol. The molecule has 64 valence electrons. The molecule has 0 aliphatic heterocycles. The molecule has 0 aliphatic rings. The number of nitrogens with one attached hydrogen (secondary N) is 1. The number of thiol groups is 1. The zero-order valence-corrected chi connectivity index (χ0v) is 5.71. The molecule has 0 bridgehead atoms. The molecule has 0 saturated carbocycles. The van der Waals surface area contributed by atoms with Crippen LogP contribution in [0.1, 0.15) is 6.42 Å². The Kier molecular flexibility index (Phi) is 8.08. The molecule has 0 radical (unpaired) electrons. The Morgan fingerprint density at radius 3 is 2.00 bits per heavy atom. The van der Waals surface area contributed by atoms with Crippen LogP contribution in [-0.4, -0.2) is 50.7 Å². The molecule has 0 saturated heterocycles. The minimum atomic E-state index is -4.29. The summed E-state index contributed by atoms with van der Waals surface area (Å²) in [5, 5.41) is 0. The molecule has 0 fully saturated rings. The molecular weight excluding hydrogens is 194 g/mol. The third kappa shape index (κ3) is 13.7. The van der Waals surface area contributed by atoms with Crippen LogP contribution in [0.4, 0.5) is 13.2 Å². The Hall–Kier alpha value is 0.700. The van der Waals surface area contributed by atoms with E-state index in [0.717, 1.165) is 0 Å². The maximum atomic E-state index is 11.3. The van der Waals surface area contributed by atoms with E-state index >= 15 is 0 Å². The van der Waals surface area contributed by atoms with Gasteiger partial charge in [0.15, 0.2) is 0 Å². The van der Waals surface area contributed by atoms with Gasteiger partial charge in [-0.1, -0.05) is 0 Å². The Labute approximate surface area is 85.7 Å².